The SMILES string of the molecule is COc1ccc([C@H](CC(=O)N2CCN(C(C)=O)CC2)c2c[nH]c3ccccc23)cc1. The summed E-state index contributed by atoms with van der Waals surface area (Å²) in [5.41, 5.74) is 3.26. The van der Waals surface area contributed by atoms with E-state index in [1.54, 1.807) is 18.9 Å². The number of methoxy groups -OCH3 is 1. The number of nitrogens with zero attached hydrogens (tertiary/aromatic N) is 2. The molecule has 156 valence electrons. The van der Waals surface area contributed by atoms with Crippen molar-refractivity contribution in [2.24, 2.45) is 0 Å². The van der Waals surface area contributed by atoms with Crippen molar-refractivity contribution in [3.63, 3.8) is 0 Å². The van der Waals surface area contributed by atoms with Gasteiger partial charge >= 0.3 is 0 Å². The molecule has 1 aliphatic rings. The molecular weight excluding hydrogens is 378 g/mol. The highest BCUT2D eigenvalue weighted by atomic mass is 16.5. The Morgan fingerprint density at radius 3 is 2.33 bits per heavy atom. The second-order valence-electron chi connectivity index (χ2n) is 7.71. The Hall–Kier alpha value is -3.28. The number of hydrogen-bond donors (Lipinski definition) is 1. The molecule has 4 rings (SSSR count). The van der Waals surface area contributed by atoms with Crippen LogP contribution < -0.4 is 4.74 Å². The van der Waals surface area contributed by atoms with Crippen molar-refractivity contribution in [1.29, 1.82) is 0 Å². The standard InChI is InChI=1S/C24H27N3O3/c1-17(28)26-11-13-27(14-12-26)24(29)15-21(18-7-9-19(30-2)10-8-18)22-16-25-23-6-4-3-5-20(22)23/h3-10,16,21,25H,11-15H2,1-2H3/t21-/m0/s1. The number of para-hydroxylation sites is 1. The molecule has 2 heterocycles. The number of piperazine rings is 1. The first-order chi connectivity index (χ1) is 14.6. The summed E-state index contributed by atoms with van der Waals surface area (Å²) in [7, 11) is 1.65. The third kappa shape index (κ3) is 4.03. The van der Waals surface area contributed by atoms with E-state index in [0.717, 1.165) is 27.8 Å². The average Bonchev–Trinajstić information content (AvgIpc) is 3.21. The van der Waals surface area contributed by atoms with Gasteiger partial charge < -0.3 is 19.5 Å². The summed E-state index contributed by atoms with van der Waals surface area (Å²) >= 11 is 0. The Morgan fingerprint density at radius 1 is 1.00 bits per heavy atom. The summed E-state index contributed by atoms with van der Waals surface area (Å²) < 4.78 is 5.30. The van der Waals surface area contributed by atoms with Gasteiger partial charge in [-0.3, -0.25) is 9.59 Å². The predicted octanol–water partition coefficient (Wildman–Crippen LogP) is 3.39. The number of aromatic nitrogens is 1. The Morgan fingerprint density at radius 2 is 1.67 bits per heavy atom. The lowest BCUT2D eigenvalue weighted by molar-refractivity contribution is -0.138. The smallest absolute Gasteiger partial charge is 0.223 e. The first kappa shape index (κ1) is 20.0. The molecule has 30 heavy (non-hydrogen) atoms. The van der Waals surface area contributed by atoms with Crippen molar-refractivity contribution in [2.45, 2.75) is 19.3 Å². The predicted molar refractivity (Wildman–Crippen MR) is 117 cm³/mol. The number of hydrogen-bond acceptors (Lipinski definition) is 3. The van der Waals surface area contributed by atoms with Gasteiger partial charge in [0.05, 0.1) is 7.11 Å². The van der Waals surface area contributed by atoms with E-state index in [9.17, 15) is 9.59 Å². The van der Waals surface area contributed by atoms with Crippen LogP contribution in [0.4, 0.5) is 0 Å². The lowest BCUT2D eigenvalue weighted by Gasteiger charge is -2.35. The first-order valence-corrected chi connectivity index (χ1v) is 10.3. The van der Waals surface area contributed by atoms with Crippen molar-refractivity contribution in [3.05, 3.63) is 65.9 Å². The van der Waals surface area contributed by atoms with Crippen molar-refractivity contribution >= 4 is 22.7 Å². The Kier molecular flexibility index (Phi) is 5.74. The van der Waals surface area contributed by atoms with Crippen LogP contribution in [0.2, 0.25) is 0 Å². The van der Waals surface area contributed by atoms with Crippen LogP contribution in [0.25, 0.3) is 10.9 Å². The van der Waals surface area contributed by atoms with Crippen LogP contribution in [-0.4, -0.2) is 59.9 Å². The molecule has 1 N–H and O–H groups in total. The minimum Gasteiger partial charge on any atom is -0.497 e. The van der Waals surface area contributed by atoms with Gasteiger partial charge in [0.1, 0.15) is 5.75 Å². The molecule has 6 nitrogen and oxygen atoms in total. The average molecular weight is 405 g/mol. The highest BCUT2D eigenvalue weighted by Gasteiger charge is 2.27. The lowest BCUT2D eigenvalue weighted by atomic mass is 9.87. The summed E-state index contributed by atoms with van der Waals surface area (Å²) in [6, 6.07) is 16.1. The van der Waals surface area contributed by atoms with Crippen LogP contribution in [0.1, 0.15) is 30.4 Å². The van der Waals surface area contributed by atoms with E-state index in [-0.39, 0.29) is 17.7 Å². The van der Waals surface area contributed by atoms with Crippen LogP contribution in [0.5, 0.6) is 5.75 Å². The highest BCUT2D eigenvalue weighted by molar-refractivity contribution is 5.86. The second-order valence-corrected chi connectivity index (χ2v) is 7.71. The van der Waals surface area contributed by atoms with Gasteiger partial charge in [-0.1, -0.05) is 30.3 Å². The monoisotopic (exact) mass is 405 g/mol. The molecule has 0 radical (unpaired) electrons. The minimum absolute atomic E-state index is 0.0645. The zero-order chi connectivity index (χ0) is 21.1. The number of H-pyrrole nitrogens is 1. The largest absolute Gasteiger partial charge is 0.497 e. The van der Waals surface area contributed by atoms with Crippen LogP contribution >= 0.6 is 0 Å². The van der Waals surface area contributed by atoms with Crippen molar-refractivity contribution < 1.29 is 14.3 Å². The Labute approximate surface area is 176 Å². The van der Waals surface area contributed by atoms with Gasteiger partial charge in [0.2, 0.25) is 11.8 Å². The third-order valence-electron chi connectivity index (χ3n) is 5.97. The zero-order valence-corrected chi connectivity index (χ0v) is 17.4. The van der Waals surface area contributed by atoms with E-state index < -0.39 is 0 Å². The van der Waals surface area contributed by atoms with E-state index in [1.807, 2.05) is 53.6 Å². The molecule has 6 heteroatoms. The summed E-state index contributed by atoms with van der Waals surface area (Å²) in [4.78, 5) is 31.8. The maximum atomic E-state index is 13.2. The van der Waals surface area contributed by atoms with Crippen LogP contribution in [0, 0.1) is 0 Å². The number of fused-ring (bicyclic) bond motifs is 1. The molecular formula is C24H27N3O3. The summed E-state index contributed by atoms with van der Waals surface area (Å²) in [6.45, 7) is 3.94. The zero-order valence-electron chi connectivity index (χ0n) is 17.4. The Balaban J connectivity index is 1.60. The Bertz CT molecular complexity index is 1030. The van der Waals surface area contributed by atoms with Gasteiger partial charge in [0.25, 0.3) is 0 Å². The maximum Gasteiger partial charge on any atom is 0.223 e. The van der Waals surface area contributed by atoms with Crippen LogP contribution in [0.3, 0.4) is 0 Å². The van der Waals surface area contributed by atoms with Gasteiger partial charge in [-0.05, 0) is 29.3 Å². The first-order valence-electron chi connectivity index (χ1n) is 10.3. The van der Waals surface area contributed by atoms with Gasteiger partial charge in [-0.15, -0.1) is 0 Å². The number of amides is 2. The van der Waals surface area contributed by atoms with Gasteiger partial charge in [-0.25, -0.2) is 0 Å². The maximum absolute atomic E-state index is 13.2. The molecule has 0 unspecified atom stereocenters. The molecule has 2 amide bonds. The number of nitrogens with one attached hydrogen (secondary N) is 1. The number of benzene rings is 2. The van der Waals surface area contributed by atoms with E-state index >= 15 is 0 Å². The van der Waals surface area contributed by atoms with Crippen molar-refractivity contribution in [2.75, 3.05) is 33.3 Å². The second kappa shape index (κ2) is 8.61. The van der Waals surface area contributed by atoms with Gasteiger partial charge in [0.15, 0.2) is 0 Å². The number of carbonyl (C=O) groups excluding carboxylic acids is 2. The molecule has 1 saturated heterocycles. The number of aromatic amines is 1. The molecule has 0 spiro atoms. The fourth-order valence-corrected chi connectivity index (χ4v) is 4.20. The molecule has 1 atom stereocenters. The number of ether oxygens (including phenoxy) is 1. The minimum atomic E-state index is -0.0645. The van der Waals surface area contributed by atoms with Crippen LogP contribution in [0.15, 0.2) is 54.7 Å². The summed E-state index contributed by atoms with van der Waals surface area (Å²) in [5.74, 6) is 0.912. The van der Waals surface area contributed by atoms with Crippen LogP contribution in [-0.2, 0) is 9.59 Å². The quantitative estimate of drug-likeness (QED) is 0.708. The van der Waals surface area contributed by atoms with Gasteiger partial charge in [0, 0.05) is 62.5 Å². The van der Waals surface area contributed by atoms with E-state index in [2.05, 4.69) is 11.1 Å². The van der Waals surface area contributed by atoms with E-state index in [0.29, 0.717) is 32.6 Å². The fraction of sp³-hybridized carbons (Fsp3) is 0.333. The molecule has 1 fully saturated rings. The highest BCUT2D eigenvalue weighted by Crippen LogP contribution is 2.34. The van der Waals surface area contributed by atoms with E-state index in [4.69, 9.17) is 4.74 Å². The molecule has 1 aromatic heterocycles. The van der Waals surface area contributed by atoms with Crippen molar-refractivity contribution in [3.8, 4) is 5.75 Å². The molecule has 1 aliphatic heterocycles. The summed E-state index contributed by atoms with van der Waals surface area (Å²) in [6.07, 6.45) is 2.40. The fourth-order valence-electron chi connectivity index (χ4n) is 4.20. The van der Waals surface area contributed by atoms with Gasteiger partial charge in [-0.2, -0.15) is 0 Å². The lowest BCUT2D eigenvalue weighted by Crippen LogP contribution is -2.50. The molecule has 0 bridgehead atoms. The normalized spacial score (nSPS) is 15.3. The summed E-state index contributed by atoms with van der Waals surface area (Å²) in [5, 5.41) is 1.13. The van der Waals surface area contributed by atoms with Crippen molar-refractivity contribution in [1.82, 2.24) is 14.8 Å². The third-order valence-corrected chi connectivity index (χ3v) is 5.97. The molecule has 3 aromatic rings. The van der Waals surface area contributed by atoms with E-state index in [1.165, 1.54) is 0 Å². The molecule has 2 aromatic carbocycles. The number of rotatable bonds is 5. The molecule has 0 aliphatic carbocycles. The number of carbonyl (C=O) groups is 2. The topological polar surface area (TPSA) is 65.6 Å². The molecule has 0 saturated carbocycles.